The lowest BCUT2D eigenvalue weighted by molar-refractivity contribution is -0.385. The molecule has 20 heavy (non-hydrogen) atoms. The number of nitro benzene ring substituents is 1. The average Bonchev–Trinajstić information content (AvgIpc) is 2.83. The Morgan fingerprint density at radius 2 is 2.25 bits per heavy atom. The predicted molar refractivity (Wildman–Crippen MR) is 72.6 cm³/mol. The van der Waals surface area contributed by atoms with Crippen molar-refractivity contribution < 1.29 is 10.0 Å². The molecule has 0 aliphatic rings. The highest BCUT2D eigenvalue weighted by Crippen LogP contribution is 2.23. The van der Waals surface area contributed by atoms with Crippen LogP contribution in [-0.2, 0) is 13.0 Å². The van der Waals surface area contributed by atoms with Crippen molar-refractivity contribution in [3.63, 3.8) is 0 Å². The summed E-state index contributed by atoms with van der Waals surface area (Å²) in [5.41, 5.74) is 1.21. The van der Waals surface area contributed by atoms with E-state index in [2.05, 4.69) is 10.3 Å². The number of rotatable bonds is 6. The number of hydrogen-bond donors (Lipinski definition) is 1. The van der Waals surface area contributed by atoms with Gasteiger partial charge in [0.1, 0.15) is 0 Å². The van der Waals surface area contributed by atoms with Gasteiger partial charge in [0.15, 0.2) is 0 Å². The molecule has 0 unspecified atom stereocenters. The number of benzene rings is 1. The molecule has 0 saturated heterocycles. The van der Waals surface area contributed by atoms with E-state index in [9.17, 15) is 10.1 Å². The smallest absolute Gasteiger partial charge is 0.274 e. The van der Waals surface area contributed by atoms with E-state index in [1.165, 1.54) is 16.8 Å². The molecule has 0 aliphatic heterocycles. The van der Waals surface area contributed by atoms with Crippen molar-refractivity contribution in [3.8, 4) is 0 Å². The first-order valence-corrected chi connectivity index (χ1v) is 6.40. The maximum Gasteiger partial charge on any atom is 0.274 e. The number of halogens is 1. The van der Waals surface area contributed by atoms with Crippen LogP contribution in [-0.4, -0.2) is 31.6 Å². The van der Waals surface area contributed by atoms with E-state index in [1.54, 1.807) is 12.3 Å². The molecule has 0 fully saturated rings. The molecule has 1 aromatic carbocycles. The maximum atomic E-state index is 11.0. The third-order valence-corrected chi connectivity index (χ3v) is 2.98. The Kier molecular flexibility index (Phi) is 4.65. The predicted octanol–water partition coefficient (Wildman–Crippen LogP) is 1.81. The zero-order valence-electron chi connectivity index (χ0n) is 10.6. The lowest BCUT2D eigenvalue weighted by Crippen LogP contribution is -2.04. The van der Waals surface area contributed by atoms with E-state index in [1.807, 2.05) is 0 Å². The van der Waals surface area contributed by atoms with E-state index < -0.39 is 4.92 Å². The molecule has 1 aromatic heterocycles. The Hall–Kier alpha value is -1.99. The minimum atomic E-state index is -0.449. The summed E-state index contributed by atoms with van der Waals surface area (Å²) in [6.07, 6.45) is 2.93. The molecule has 8 heteroatoms. The third kappa shape index (κ3) is 3.52. The standard InChI is InChI=1S/C12H13ClN4O3/c13-10-3-4-12(17(19)20)9(6-10)7-16-8-11(14-15-16)2-1-5-18/h3-4,6,8,18H,1-2,5,7H2. The number of nitro groups is 1. The van der Waals surface area contributed by atoms with Crippen LogP contribution in [0.4, 0.5) is 5.69 Å². The van der Waals surface area contributed by atoms with E-state index in [4.69, 9.17) is 16.7 Å². The Balaban J connectivity index is 2.19. The summed E-state index contributed by atoms with van der Waals surface area (Å²) in [7, 11) is 0. The van der Waals surface area contributed by atoms with Gasteiger partial charge in [-0.2, -0.15) is 0 Å². The van der Waals surface area contributed by atoms with Crippen LogP contribution in [0.15, 0.2) is 24.4 Å². The number of nitrogens with zero attached hydrogens (tertiary/aromatic N) is 4. The van der Waals surface area contributed by atoms with Gasteiger partial charge in [-0.3, -0.25) is 10.1 Å². The van der Waals surface area contributed by atoms with Crippen molar-refractivity contribution in [2.24, 2.45) is 0 Å². The molecule has 0 bridgehead atoms. The second-order valence-corrected chi connectivity index (χ2v) is 4.70. The second kappa shape index (κ2) is 6.44. The molecule has 0 amide bonds. The highest BCUT2D eigenvalue weighted by Gasteiger charge is 2.15. The number of aliphatic hydroxyl groups excluding tert-OH is 1. The van der Waals surface area contributed by atoms with E-state index in [0.717, 1.165) is 5.69 Å². The van der Waals surface area contributed by atoms with Crippen LogP contribution in [0.2, 0.25) is 5.02 Å². The lowest BCUT2D eigenvalue weighted by atomic mass is 10.2. The van der Waals surface area contributed by atoms with Gasteiger partial charge >= 0.3 is 0 Å². The summed E-state index contributed by atoms with van der Waals surface area (Å²) in [5, 5.41) is 28.0. The summed E-state index contributed by atoms with van der Waals surface area (Å²) in [5.74, 6) is 0. The quantitative estimate of drug-likeness (QED) is 0.648. The highest BCUT2D eigenvalue weighted by atomic mass is 35.5. The Morgan fingerprint density at radius 3 is 2.95 bits per heavy atom. The molecule has 1 N–H and O–H groups in total. The first kappa shape index (κ1) is 14.4. The zero-order valence-corrected chi connectivity index (χ0v) is 11.3. The van der Waals surface area contributed by atoms with E-state index in [0.29, 0.717) is 23.4 Å². The van der Waals surface area contributed by atoms with Crippen LogP contribution in [0.5, 0.6) is 0 Å². The number of aliphatic hydroxyl groups is 1. The number of hydrogen-bond acceptors (Lipinski definition) is 5. The molecular weight excluding hydrogens is 284 g/mol. The molecule has 0 spiro atoms. The van der Waals surface area contributed by atoms with E-state index >= 15 is 0 Å². The summed E-state index contributed by atoms with van der Waals surface area (Å²) >= 11 is 5.87. The van der Waals surface area contributed by atoms with Crippen LogP contribution in [0, 0.1) is 10.1 Å². The van der Waals surface area contributed by atoms with Crippen LogP contribution in [0.3, 0.4) is 0 Å². The normalized spacial score (nSPS) is 10.7. The minimum absolute atomic E-state index is 0.00167. The summed E-state index contributed by atoms with van der Waals surface area (Å²) < 4.78 is 1.52. The van der Waals surface area contributed by atoms with Crippen molar-refractivity contribution in [2.45, 2.75) is 19.4 Å². The van der Waals surface area contributed by atoms with Crippen LogP contribution in [0.1, 0.15) is 17.7 Å². The molecule has 1 heterocycles. The fraction of sp³-hybridized carbons (Fsp3) is 0.333. The van der Waals surface area contributed by atoms with Crippen molar-refractivity contribution >= 4 is 17.3 Å². The summed E-state index contributed by atoms with van der Waals surface area (Å²) in [6, 6.07) is 4.41. The van der Waals surface area contributed by atoms with Crippen molar-refractivity contribution in [1.29, 1.82) is 0 Å². The first-order chi connectivity index (χ1) is 9.60. The molecule has 2 aromatic rings. The fourth-order valence-corrected chi connectivity index (χ4v) is 2.02. The Morgan fingerprint density at radius 1 is 1.45 bits per heavy atom. The maximum absolute atomic E-state index is 11.0. The number of aryl methyl sites for hydroxylation is 1. The average molecular weight is 297 g/mol. The van der Waals surface area contributed by atoms with Gasteiger partial charge in [0.25, 0.3) is 5.69 Å². The van der Waals surface area contributed by atoms with Gasteiger partial charge < -0.3 is 5.11 Å². The zero-order chi connectivity index (χ0) is 14.5. The van der Waals surface area contributed by atoms with Crippen LogP contribution < -0.4 is 0 Å². The largest absolute Gasteiger partial charge is 0.396 e. The summed E-state index contributed by atoms with van der Waals surface area (Å²) in [6.45, 7) is 0.315. The first-order valence-electron chi connectivity index (χ1n) is 6.03. The van der Waals surface area contributed by atoms with Gasteiger partial charge in [0, 0.05) is 23.9 Å². The molecule has 0 atom stereocenters. The van der Waals surface area contributed by atoms with Crippen molar-refractivity contribution in [3.05, 3.63) is 50.8 Å². The molecule has 0 aliphatic carbocycles. The Bertz CT molecular complexity index is 614. The van der Waals surface area contributed by atoms with Crippen molar-refractivity contribution in [1.82, 2.24) is 15.0 Å². The third-order valence-electron chi connectivity index (χ3n) is 2.75. The monoisotopic (exact) mass is 296 g/mol. The van der Waals surface area contributed by atoms with E-state index in [-0.39, 0.29) is 18.8 Å². The topological polar surface area (TPSA) is 94.1 Å². The summed E-state index contributed by atoms with van der Waals surface area (Å²) in [4.78, 5) is 10.5. The molecule has 2 rings (SSSR count). The molecular formula is C12H13ClN4O3. The van der Waals surface area contributed by atoms with Crippen LogP contribution >= 0.6 is 11.6 Å². The minimum Gasteiger partial charge on any atom is -0.396 e. The fourth-order valence-electron chi connectivity index (χ4n) is 1.82. The second-order valence-electron chi connectivity index (χ2n) is 4.26. The molecule has 7 nitrogen and oxygen atoms in total. The highest BCUT2D eigenvalue weighted by molar-refractivity contribution is 6.30. The van der Waals surface area contributed by atoms with Gasteiger partial charge in [-0.25, -0.2) is 4.68 Å². The lowest BCUT2D eigenvalue weighted by Gasteiger charge is -2.03. The molecule has 0 saturated carbocycles. The van der Waals surface area contributed by atoms with Gasteiger partial charge in [-0.05, 0) is 25.0 Å². The Labute approximate surface area is 119 Å². The van der Waals surface area contributed by atoms with Crippen molar-refractivity contribution in [2.75, 3.05) is 6.61 Å². The van der Waals surface area contributed by atoms with Gasteiger partial charge in [-0.1, -0.05) is 16.8 Å². The molecule has 106 valence electrons. The SMILES string of the molecule is O=[N+]([O-])c1ccc(Cl)cc1Cn1cc(CCCO)nn1. The van der Waals surface area contributed by atoms with Crippen LogP contribution in [0.25, 0.3) is 0 Å². The van der Waals surface area contributed by atoms with Gasteiger partial charge in [-0.15, -0.1) is 5.10 Å². The van der Waals surface area contributed by atoms with Gasteiger partial charge in [0.2, 0.25) is 0 Å². The van der Waals surface area contributed by atoms with Gasteiger partial charge in [0.05, 0.1) is 22.7 Å². The molecule has 0 radical (unpaired) electrons. The number of aromatic nitrogens is 3.